The van der Waals surface area contributed by atoms with Gasteiger partial charge in [0.2, 0.25) is 0 Å². The first-order valence-corrected chi connectivity index (χ1v) is 6.97. The first kappa shape index (κ1) is 14.9. The SMILES string of the molecule is COc1cccc(CCC(=O)c2cc(Cl)ccc2Cl)c1. The minimum atomic E-state index is -0.0136. The van der Waals surface area contributed by atoms with Crippen molar-refractivity contribution in [1.82, 2.24) is 0 Å². The third kappa shape index (κ3) is 3.75. The number of methoxy groups -OCH3 is 1. The lowest BCUT2D eigenvalue weighted by molar-refractivity contribution is 0.0983. The van der Waals surface area contributed by atoms with E-state index in [1.807, 2.05) is 24.3 Å². The van der Waals surface area contributed by atoms with Crippen LogP contribution >= 0.6 is 23.2 Å². The average molecular weight is 309 g/mol. The molecule has 0 saturated heterocycles. The van der Waals surface area contributed by atoms with E-state index >= 15 is 0 Å². The number of ketones is 1. The second-order valence-electron chi connectivity index (χ2n) is 4.40. The molecule has 0 aliphatic heterocycles. The van der Waals surface area contributed by atoms with Gasteiger partial charge < -0.3 is 4.74 Å². The third-order valence-corrected chi connectivity index (χ3v) is 3.57. The first-order chi connectivity index (χ1) is 9.60. The van der Waals surface area contributed by atoms with E-state index in [2.05, 4.69) is 0 Å². The molecule has 0 N–H and O–H groups in total. The van der Waals surface area contributed by atoms with E-state index in [1.165, 1.54) is 0 Å². The fourth-order valence-corrected chi connectivity index (χ4v) is 2.33. The maximum Gasteiger partial charge on any atom is 0.164 e. The van der Waals surface area contributed by atoms with Crippen LogP contribution in [0.3, 0.4) is 0 Å². The lowest BCUT2D eigenvalue weighted by Gasteiger charge is -2.06. The summed E-state index contributed by atoms with van der Waals surface area (Å²) in [7, 11) is 1.62. The molecule has 2 rings (SSSR count). The zero-order valence-electron chi connectivity index (χ0n) is 11.0. The monoisotopic (exact) mass is 308 g/mol. The number of ether oxygens (including phenoxy) is 1. The second-order valence-corrected chi connectivity index (χ2v) is 5.24. The Labute approximate surface area is 128 Å². The quantitative estimate of drug-likeness (QED) is 0.740. The molecule has 0 amide bonds. The van der Waals surface area contributed by atoms with Gasteiger partial charge in [-0.1, -0.05) is 35.3 Å². The zero-order chi connectivity index (χ0) is 14.5. The van der Waals surface area contributed by atoms with Crippen molar-refractivity contribution in [3.05, 3.63) is 63.6 Å². The summed E-state index contributed by atoms with van der Waals surface area (Å²) in [5.74, 6) is 0.774. The Morgan fingerprint density at radius 3 is 2.70 bits per heavy atom. The molecule has 0 aliphatic carbocycles. The van der Waals surface area contributed by atoms with E-state index in [9.17, 15) is 4.79 Å². The van der Waals surface area contributed by atoms with Crippen LogP contribution in [0.25, 0.3) is 0 Å². The molecule has 0 unspecified atom stereocenters. The maximum atomic E-state index is 12.2. The summed E-state index contributed by atoms with van der Waals surface area (Å²) in [6.45, 7) is 0. The minimum absolute atomic E-state index is 0.0136. The molecule has 104 valence electrons. The topological polar surface area (TPSA) is 26.3 Å². The van der Waals surface area contributed by atoms with Crippen LogP contribution in [0.4, 0.5) is 0 Å². The molecule has 2 nitrogen and oxygen atoms in total. The molecule has 0 aromatic heterocycles. The molecule has 0 atom stereocenters. The van der Waals surface area contributed by atoms with Crippen molar-refractivity contribution >= 4 is 29.0 Å². The van der Waals surface area contributed by atoms with Crippen LogP contribution in [0.15, 0.2) is 42.5 Å². The largest absolute Gasteiger partial charge is 0.497 e. The molecular weight excluding hydrogens is 295 g/mol. The number of carbonyl (C=O) groups is 1. The number of carbonyl (C=O) groups excluding carboxylic acids is 1. The summed E-state index contributed by atoms with van der Waals surface area (Å²) in [6, 6.07) is 12.6. The highest BCUT2D eigenvalue weighted by atomic mass is 35.5. The number of hydrogen-bond acceptors (Lipinski definition) is 2. The standard InChI is InChI=1S/C16H14Cl2O2/c1-20-13-4-2-3-11(9-13)5-8-16(19)14-10-12(17)6-7-15(14)18/h2-4,6-7,9-10H,5,8H2,1H3. The predicted octanol–water partition coefficient (Wildman–Crippen LogP) is 4.82. The predicted molar refractivity (Wildman–Crippen MR) is 82.1 cm³/mol. The summed E-state index contributed by atoms with van der Waals surface area (Å²) < 4.78 is 5.16. The summed E-state index contributed by atoms with van der Waals surface area (Å²) in [5, 5.41) is 0.948. The highest BCUT2D eigenvalue weighted by Gasteiger charge is 2.11. The van der Waals surface area contributed by atoms with Gasteiger partial charge in [-0.05, 0) is 42.3 Å². The van der Waals surface area contributed by atoms with Gasteiger partial charge in [0.05, 0.1) is 12.1 Å². The van der Waals surface area contributed by atoms with Crippen molar-refractivity contribution in [3.63, 3.8) is 0 Å². The Bertz CT molecular complexity index is 624. The van der Waals surface area contributed by atoms with Crippen molar-refractivity contribution in [2.24, 2.45) is 0 Å². The van der Waals surface area contributed by atoms with E-state index < -0.39 is 0 Å². The fourth-order valence-electron chi connectivity index (χ4n) is 1.93. The third-order valence-electron chi connectivity index (χ3n) is 3.00. The molecule has 0 radical (unpaired) electrons. The summed E-state index contributed by atoms with van der Waals surface area (Å²) >= 11 is 11.9. The highest BCUT2D eigenvalue weighted by molar-refractivity contribution is 6.35. The normalized spacial score (nSPS) is 10.3. The van der Waals surface area contributed by atoms with Crippen molar-refractivity contribution in [3.8, 4) is 5.75 Å². The molecule has 2 aromatic rings. The van der Waals surface area contributed by atoms with E-state index in [4.69, 9.17) is 27.9 Å². The Morgan fingerprint density at radius 2 is 1.95 bits per heavy atom. The van der Waals surface area contributed by atoms with E-state index in [0.29, 0.717) is 28.5 Å². The zero-order valence-corrected chi connectivity index (χ0v) is 12.5. The molecule has 20 heavy (non-hydrogen) atoms. The van der Waals surface area contributed by atoms with Crippen LogP contribution in [0, 0.1) is 0 Å². The minimum Gasteiger partial charge on any atom is -0.497 e. The molecule has 0 bridgehead atoms. The van der Waals surface area contributed by atoms with Gasteiger partial charge in [-0.25, -0.2) is 0 Å². The first-order valence-electron chi connectivity index (χ1n) is 6.21. The summed E-state index contributed by atoms with van der Waals surface area (Å²) in [4.78, 5) is 12.2. The molecule has 0 aliphatic rings. The fraction of sp³-hybridized carbons (Fsp3) is 0.188. The van der Waals surface area contributed by atoms with Crippen molar-refractivity contribution in [2.45, 2.75) is 12.8 Å². The number of hydrogen-bond donors (Lipinski definition) is 0. The lowest BCUT2D eigenvalue weighted by atomic mass is 10.0. The van der Waals surface area contributed by atoms with Crippen LogP contribution in [-0.4, -0.2) is 12.9 Å². The Kier molecular flexibility index (Phi) is 5.05. The number of Topliss-reactive ketones (excluding diaryl/α,β-unsaturated/α-hetero) is 1. The van der Waals surface area contributed by atoms with Crippen molar-refractivity contribution in [1.29, 1.82) is 0 Å². The van der Waals surface area contributed by atoms with Gasteiger partial charge in [0.1, 0.15) is 5.75 Å². The van der Waals surface area contributed by atoms with E-state index in [-0.39, 0.29) is 5.78 Å². The van der Waals surface area contributed by atoms with Gasteiger partial charge >= 0.3 is 0 Å². The van der Waals surface area contributed by atoms with Crippen LogP contribution in [0.1, 0.15) is 22.3 Å². The molecule has 0 saturated carbocycles. The van der Waals surface area contributed by atoms with Crippen LogP contribution < -0.4 is 4.74 Å². The van der Waals surface area contributed by atoms with Crippen LogP contribution in [0.2, 0.25) is 10.0 Å². The van der Waals surface area contributed by atoms with Gasteiger partial charge in [0, 0.05) is 17.0 Å². The molecule has 0 fully saturated rings. The van der Waals surface area contributed by atoms with Gasteiger partial charge in [-0.15, -0.1) is 0 Å². The smallest absolute Gasteiger partial charge is 0.164 e. The Balaban J connectivity index is 2.06. The molecule has 0 heterocycles. The highest BCUT2D eigenvalue weighted by Crippen LogP contribution is 2.23. The van der Waals surface area contributed by atoms with Crippen molar-refractivity contribution in [2.75, 3.05) is 7.11 Å². The second kappa shape index (κ2) is 6.78. The van der Waals surface area contributed by atoms with Crippen molar-refractivity contribution < 1.29 is 9.53 Å². The van der Waals surface area contributed by atoms with E-state index in [1.54, 1.807) is 25.3 Å². The van der Waals surface area contributed by atoms with Crippen LogP contribution in [0.5, 0.6) is 5.75 Å². The number of rotatable bonds is 5. The molecular formula is C16H14Cl2O2. The number of halogens is 2. The summed E-state index contributed by atoms with van der Waals surface area (Å²) in [5.41, 5.74) is 1.53. The maximum absolute atomic E-state index is 12.2. The van der Waals surface area contributed by atoms with Gasteiger partial charge in [-0.3, -0.25) is 4.79 Å². The number of benzene rings is 2. The molecule has 2 aromatic carbocycles. The lowest BCUT2D eigenvalue weighted by Crippen LogP contribution is -2.02. The Hall–Kier alpha value is -1.51. The van der Waals surface area contributed by atoms with Gasteiger partial charge in [-0.2, -0.15) is 0 Å². The average Bonchev–Trinajstić information content (AvgIpc) is 2.47. The molecule has 0 spiro atoms. The summed E-state index contributed by atoms with van der Waals surface area (Å²) in [6.07, 6.45) is 1.02. The molecule has 4 heteroatoms. The van der Waals surface area contributed by atoms with Gasteiger partial charge in [0.15, 0.2) is 5.78 Å². The van der Waals surface area contributed by atoms with E-state index in [0.717, 1.165) is 11.3 Å². The Morgan fingerprint density at radius 1 is 1.15 bits per heavy atom. The van der Waals surface area contributed by atoms with Crippen LogP contribution in [-0.2, 0) is 6.42 Å². The number of aryl methyl sites for hydroxylation is 1. The van der Waals surface area contributed by atoms with Gasteiger partial charge in [0.25, 0.3) is 0 Å².